The lowest BCUT2D eigenvalue weighted by Gasteiger charge is -2.44. The molecule has 0 unspecified atom stereocenters. The fourth-order valence-electron chi connectivity index (χ4n) is 3.26. The smallest absolute Gasteiger partial charge is 0.341 e. The summed E-state index contributed by atoms with van der Waals surface area (Å²) in [5.41, 5.74) is -3.66. The first-order valence-corrected chi connectivity index (χ1v) is 9.39. The van der Waals surface area contributed by atoms with Crippen LogP contribution in [-0.4, -0.2) is 45.6 Å². The second-order valence-electron chi connectivity index (χ2n) is 8.04. The van der Waals surface area contributed by atoms with Crippen molar-refractivity contribution in [2.75, 3.05) is 0 Å². The molecule has 9 heteroatoms. The quantitative estimate of drug-likeness (QED) is 0.559. The first-order valence-electron chi connectivity index (χ1n) is 9.39. The first-order chi connectivity index (χ1) is 13.8. The number of rotatable bonds is 4. The van der Waals surface area contributed by atoms with E-state index in [1.807, 2.05) is 0 Å². The number of fused-ring (bicyclic) bond motifs is 3. The van der Waals surface area contributed by atoms with E-state index in [0.29, 0.717) is 11.1 Å². The molecular formula is C21H24O9. The molecule has 0 bridgehead atoms. The maximum atomic E-state index is 12.6. The number of aliphatic hydroxyl groups is 2. The predicted octanol–water partition coefficient (Wildman–Crippen LogP) is 1.61. The monoisotopic (exact) mass is 420 g/mol. The molecule has 0 spiro atoms. The molecule has 0 aliphatic carbocycles. The zero-order valence-corrected chi connectivity index (χ0v) is 17.3. The van der Waals surface area contributed by atoms with E-state index in [-0.39, 0.29) is 11.1 Å². The summed E-state index contributed by atoms with van der Waals surface area (Å²) in [7, 11) is 0. The first kappa shape index (κ1) is 21.8. The van der Waals surface area contributed by atoms with Crippen LogP contribution in [0.25, 0.3) is 11.0 Å². The Hall–Kier alpha value is -2.91. The second-order valence-corrected chi connectivity index (χ2v) is 8.04. The van der Waals surface area contributed by atoms with Crippen LogP contribution in [0.4, 0.5) is 0 Å². The second kappa shape index (κ2) is 7.41. The maximum absolute atomic E-state index is 12.6. The lowest BCUT2D eigenvalue weighted by atomic mass is 9.87. The van der Waals surface area contributed by atoms with Crippen LogP contribution in [-0.2, 0) is 19.1 Å². The Labute approximate surface area is 172 Å². The van der Waals surface area contributed by atoms with Gasteiger partial charge in [0, 0.05) is 18.4 Å². The van der Waals surface area contributed by atoms with Gasteiger partial charge in [0.15, 0.2) is 17.8 Å². The molecule has 0 amide bonds. The Morgan fingerprint density at radius 2 is 1.83 bits per heavy atom. The number of ether oxygens (including phenoxy) is 3. The molecule has 2 heterocycles. The van der Waals surface area contributed by atoms with Crippen molar-refractivity contribution in [1.29, 1.82) is 0 Å². The lowest BCUT2D eigenvalue weighted by Crippen LogP contribution is -2.56. The van der Waals surface area contributed by atoms with E-state index in [2.05, 4.69) is 0 Å². The summed E-state index contributed by atoms with van der Waals surface area (Å²) >= 11 is 0. The van der Waals surface area contributed by atoms with Crippen LogP contribution in [0.3, 0.4) is 0 Å². The molecule has 2 N–H and O–H groups in total. The Kier molecular flexibility index (Phi) is 5.38. The van der Waals surface area contributed by atoms with Crippen molar-refractivity contribution in [2.45, 2.75) is 64.1 Å². The highest BCUT2D eigenvalue weighted by Crippen LogP contribution is 2.46. The highest BCUT2D eigenvalue weighted by atomic mass is 16.6. The van der Waals surface area contributed by atoms with Crippen molar-refractivity contribution >= 4 is 22.9 Å². The Morgan fingerprint density at radius 3 is 2.43 bits per heavy atom. The lowest BCUT2D eigenvalue weighted by molar-refractivity contribution is -0.207. The van der Waals surface area contributed by atoms with Crippen molar-refractivity contribution < 1.29 is 38.4 Å². The third-order valence-electron chi connectivity index (χ3n) is 5.16. The molecule has 1 aliphatic rings. The van der Waals surface area contributed by atoms with E-state index in [1.165, 1.54) is 19.9 Å². The summed E-state index contributed by atoms with van der Waals surface area (Å²) in [6, 6.07) is 6.12. The van der Waals surface area contributed by atoms with E-state index in [9.17, 15) is 24.6 Å². The molecular weight excluding hydrogens is 396 g/mol. The zero-order valence-electron chi connectivity index (χ0n) is 17.3. The predicted molar refractivity (Wildman–Crippen MR) is 104 cm³/mol. The molecule has 0 fully saturated rings. The van der Waals surface area contributed by atoms with Gasteiger partial charge in [-0.1, -0.05) is 0 Å². The van der Waals surface area contributed by atoms with Crippen LogP contribution < -0.4 is 10.4 Å². The molecule has 9 nitrogen and oxygen atoms in total. The van der Waals surface area contributed by atoms with Crippen molar-refractivity contribution in [1.82, 2.24) is 0 Å². The van der Waals surface area contributed by atoms with E-state index in [0.717, 1.165) is 6.92 Å². The zero-order chi connectivity index (χ0) is 22.4. The third-order valence-corrected chi connectivity index (χ3v) is 5.16. The summed E-state index contributed by atoms with van der Waals surface area (Å²) in [4.78, 5) is 36.3. The van der Waals surface area contributed by atoms with Crippen LogP contribution in [0, 0.1) is 0 Å². The fourth-order valence-corrected chi connectivity index (χ4v) is 3.26. The van der Waals surface area contributed by atoms with Crippen LogP contribution in [0.15, 0.2) is 33.5 Å². The molecule has 1 aromatic carbocycles. The normalized spacial score (nSPS) is 22.9. The molecule has 0 saturated heterocycles. The molecule has 1 aliphatic heterocycles. The van der Waals surface area contributed by atoms with Gasteiger partial charge >= 0.3 is 17.6 Å². The van der Waals surface area contributed by atoms with Crippen LogP contribution in [0.2, 0.25) is 0 Å². The van der Waals surface area contributed by atoms with Gasteiger partial charge in [-0.05, 0) is 45.9 Å². The average molecular weight is 420 g/mol. The topological polar surface area (TPSA) is 133 Å². The van der Waals surface area contributed by atoms with E-state index >= 15 is 0 Å². The third kappa shape index (κ3) is 3.78. The van der Waals surface area contributed by atoms with Crippen molar-refractivity contribution in [3.63, 3.8) is 0 Å². The molecule has 30 heavy (non-hydrogen) atoms. The van der Waals surface area contributed by atoms with Gasteiger partial charge in [-0.2, -0.15) is 0 Å². The number of hydrogen-bond donors (Lipinski definition) is 2. The fraction of sp³-hybridized carbons (Fsp3) is 0.476. The largest absolute Gasteiger partial charge is 0.483 e. The van der Waals surface area contributed by atoms with Gasteiger partial charge in [-0.3, -0.25) is 4.79 Å². The standard InChI is InChI=1S/C21H24O9/c1-10(22)21(5,26)19(25)29-18-17(27-11(2)23)15-13(30-20(18,3)4)8-6-12-7-9-14(24)28-16(12)15/h6-10,17-18,22,26H,1-5H3/t10-,17-,18-,21-/m1/s1. The van der Waals surface area contributed by atoms with E-state index < -0.39 is 47.1 Å². The molecule has 3 rings (SSSR count). The Bertz CT molecular complexity index is 1050. The van der Waals surface area contributed by atoms with Crippen LogP contribution in [0.5, 0.6) is 5.75 Å². The van der Waals surface area contributed by atoms with Gasteiger partial charge in [-0.25, -0.2) is 9.59 Å². The van der Waals surface area contributed by atoms with Crippen LogP contribution in [0.1, 0.15) is 46.3 Å². The minimum absolute atomic E-state index is 0.130. The van der Waals surface area contributed by atoms with Gasteiger partial charge < -0.3 is 28.8 Å². The Balaban J connectivity index is 2.18. The SMILES string of the molecule is CC(=O)O[C@@H]1c2c(ccc3ccc(=O)oc23)OC(C)(C)[C@@H]1OC(=O)[C@](C)(O)[C@@H](C)O. The average Bonchev–Trinajstić information content (AvgIpc) is 2.62. The minimum atomic E-state index is -2.21. The molecule has 0 radical (unpaired) electrons. The number of carbonyl (C=O) groups is 2. The summed E-state index contributed by atoms with van der Waals surface area (Å²) in [6.07, 6.45) is -3.83. The molecule has 4 atom stereocenters. The highest BCUT2D eigenvalue weighted by molar-refractivity contribution is 5.84. The molecule has 162 valence electrons. The summed E-state index contributed by atoms with van der Waals surface area (Å²) < 4.78 is 22.3. The summed E-state index contributed by atoms with van der Waals surface area (Å²) in [5.74, 6) is -1.49. The van der Waals surface area contributed by atoms with Crippen molar-refractivity contribution in [3.8, 4) is 5.75 Å². The highest BCUT2D eigenvalue weighted by Gasteiger charge is 2.52. The molecule has 2 aromatic rings. The maximum Gasteiger partial charge on any atom is 0.341 e. The Morgan fingerprint density at radius 1 is 1.20 bits per heavy atom. The number of esters is 2. The van der Waals surface area contributed by atoms with E-state index in [1.54, 1.807) is 32.0 Å². The van der Waals surface area contributed by atoms with Crippen LogP contribution >= 0.6 is 0 Å². The van der Waals surface area contributed by atoms with Gasteiger partial charge in [0.2, 0.25) is 0 Å². The number of aliphatic hydroxyl groups excluding tert-OH is 1. The van der Waals surface area contributed by atoms with Gasteiger partial charge in [0.1, 0.15) is 16.9 Å². The molecule has 1 aromatic heterocycles. The minimum Gasteiger partial charge on any atom is -0.483 e. The number of benzene rings is 1. The van der Waals surface area contributed by atoms with Gasteiger partial charge in [0.05, 0.1) is 11.7 Å². The van der Waals surface area contributed by atoms with Gasteiger partial charge in [-0.15, -0.1) is 0 Å². The number of carbonyl (C=O) groups excluding carboxylic acids is 2. The van der Waals surface area contributed by atoms with Crippen molar-refractivity contribution in [2.24, 2.45) is 0 Å². The van der Waals surface area contributed by atoms with Gasteiger partial charge in [0.25, 0.3) is 0 Å². The molecule has 0 saturated carbocycles. The number of hydrogen-bond acceptors (Lipinski definition) is 9. The van der Waals surface area contributed by atoms with Crippen molar-refractivity contribution in [3.05, 3.63) is 40.2 Å². The summed E-state index contributed by atoms with van der Waals surface area (Å²) in [5, 5.41) is 20.6. The summed E-state index contributed by atoms with van der Waals surface area (Å²) in [6.45, 7) is 6.78. The van der Waals surface area contributed by atoms with E-state index in [4.69, 9.17) is 18.6 Å².